The quantitative estimate of drug-likeness (QED) is 0.194. The molecule has 4 aromatic carbocycles. The van der Waals surface area contributed by atoms with E-state index < -0.39 is 5.97 Å². The van der Waals surface area contributed by atoms with Crippen molar-refractivity contribution in [3.8, 4) is 27.8 Å². The highest BCUT2D eigenvalue weighted by molar-refractivity contribution is 7.21. The van der Waals surface area contributed by atoms with E-state index in [0.717, 1.165) is 10.2 Å². The second-order valence-electron chi connectivity index (χ2n) is 7.92. The molecule has 0 spiro atoms. The third-order valence-corrected chi connectivity index (χ3v) is 6.30. The Labute approximate surface area is 217 Å². The van der Waals surface area contributed by atoms with Gasteiger partial charge in [0.25, 0.3) is 5.91 Å². The Morgan fingerprint density at radius 3 is 2.11 bits per heavy atom. The molecule has 1 aromatic heterocycles. The van der Waals surface area contributed by atoms with E-state index in [-0.39, 0.29) is 24.9 Å². The first kappa shape index (κ1) is 24.0. The number of anilines is 1. The van der Waals surface area contributed by atoms with Crippen molar-refractivity contribution < 1.29 is 23.8 Å². The fourth-order valence-electron chi connectivity index (χ4n) is 3.52. The summed E-state index contributed by atoms with van der Waals surface area (Å²) in [6.45, 7) is -0.436. The Morgan fingerprint density at radius 2 is 1.41 bits per heavy atom. The van der Waals surface area contributed by atoms with Crippen molar-refractivity contribution >= 4 is 39.1 Å². The molecule has 0 bridgehead atoms. The van der Waals surface area contributed by atoms with E-state index in [9.17, 15) is 9.59 Å². The Hall–Kier alpha value is -4.69. The zero-order valence-electron chi connectivity index (χ0n) is 19.6. The van der Waals surface area contributed by atoms with Crippen LogP contribution in [0.5, 0.6) is 17.2 Å². The lowest BCUT2D eigenvalue weighted by molar-refractivity contribution is -0.136. The number of carbonyl (C=O) groups excluding carboxylic acids is 2. The molecular formula is C29H22N2O5S. The molecule has 0 atom stereocenters. The SMILES string of the molecule is O=C(COc1ccccc1)Nc1ccc(-c2nc3ccccc3s2)c(OC(=O)COc2ccccc2)c1. The summed E-state index contributed by atoms with van der Waals surface area (Å²) in [5.74, 6) is 0.494. The third kappa shape index (κ3) is 6.31. The number of rotatable bonds is 9. The van der Waals surface area contributed by atoms with Gasteiger partial charge in [0.05, 0.1) is 15.8 Å². The number of hydrogen-bond donors (Lipinski definition) is 1. The molecule has 5 aromatic rings. The van der Waals surface area contributed by atoms with Crippen LogP contribution >= 0.6 is 11.3 Å². The minimum absolute atomic E-state index is 0.163. The lowest BCUT2D eigenvalue weighted by Crippen LogP contribution is -2.21. The third-order valence-electron chi connectivity index (χ3n) is 5.23. The molecule has 5 rings (SSSR count). The number of ether oxygens (including phenoxy) is 3. The van der Waals surface area contributed by atoms with E-state index in [1.807, 2.05) is 60.7 Å². The van der Waals surface area contributed by atoms with E-state index >= 15 is 0 Å². The van der Waals surface area contributed by atoms with Crippen LogP contribution < -0.4 is 19.5 Å². The number of nitrogens with zero attached hydrogens (tertiary/aromatic N) is 1. The first-order chi connectivity index (χ1) is 18.1. The van der Waals surface area contributed by atoms with Gasteiger partial charge < -0.3 is 19.5 Å². The topological polar surface area (TPSA) is 86.8 Å². The molecule has 37 heavy (non-hydrogen) atoms. The maximum atomic E-state index is 12.7. The average Bonchev–Trinajstić information content (AvgIpc) is 3.36. The molecule has 1 N–H and O–H groups in total. The summed E-state index contributed by atoms with van der Waals surface area (Å²) in [6, 6.07) is 31.0. The average molecular weight is 511 g/mol. The minimum Gasteiger partial charge on any atom is -0.484 e. The van der Waals surface area contributed by atoms with E-state index in [1.54, 1.807) is 42.5 Å². The van der Waals surface area contributed by atoms with Gasteiger partial charge in [-0.3, -0.25) is 4.79 Å². The van der Waals surface area contributed by atoms with Gasteiger partial charge in [0.2, 0.25) is 0 Å². The summed E-state index contributed by atoms with van der Waals surface area (Å²) in [5.41, 5.74) is 1.94. The van der Waals surface area contributed by atoms with Crippen LogP contribution in [0.1, 0.15) is 0 Å². The Bertz CT molecular complexity index is 1490. The lowest BCUT2D eigenvalue weighted by Gasteiger charge is -2.12. The van der Waals surface area contributed by atoms with Gasteiger partial charge in [-0.2, -0.15) is 0 Å². The van der Waals surface area contributed by atoms with E-state index in [1.165, 1.54) is 11.3 Å². The Balaban J connectivity index is 1.34. The summed E-state index contributed by atoms with van der Waals surface area (Å²) in [6.07, 6.45) is 0. The predicted octanol–water partition coefficient (Wildman–Crippen LogP) is 5.97. The first-order valence-corrected chi connectivity index (χ1v) is 12.3. The van der Waals surface area contributed by atoms with Crippen LogP contribution in [0.2, 0.25) is 0 Å². The minimum atomic E-state index is -0.581. The maximum absolute atomic E-state index is 12.7. The number of thiazole rings is 1. The molecular weight excluding hydrogens is 488 g/mol. The highest BCUT2D eigenvalue weighted by atomic mass is 32.1. The normalized spacial score (nSPS) is 10.6. The van der Waals surface area contributed by atoms with Crippen molar-refractivity contribution in [3.05, 3.63) is 103 Å². The Kier molecular flexibility index (Phi) is 7.38. The van der Waals surface area contributed by atoms with Crippen LogP contribution in [-0.4, -0.2) is 30.1 Å². The number of hydrogen-bond acceptors (Lipinski definition) is 7. The number of fused-ring (bicyclic) bond motifs is 1. The van der Waals surface area contributed by atoms with Gasteiger partial charge in [-0.05, 0) is 48.5 Å². The number of aromatic nitrogens is 1. The summed E-state index contributed by atoms with van der Waals surface area (Å²) in [5, 5.41) is 3.48. The molecule has 0 fully saturated rings. The zero-order chi connectivity index (χ0) is 25.5. The van der Waals surface area contributed by atoms with Gasteiger partial charge in [-0.1, -0.05) is 48.5 Å². The number of nitrogens with one attached hydrogen (secondary N) is 1. The highest BCUT2D eigenvalue weighted by Crippen LogP contribution is 2.37. The smallest absolute Gasteiger partial charge is 0.349 e. The first-order valence-electron chi connectivity index (χ1n) is 11.5. The number of esters is 1. The van der Waals surface area contributed by atoms with E-state index in [2.05, 4.69) is 10.3 Å². The molecule has 0 aliphatic heterocycles. The number of para-hydroxylation sites is 3. The zero-order valence-corrected chi connectivity index (χ0v) is 20.4. The molecule has 7 nitrogen and oxygen atoms in total. The summed E-state index contributed by atoms with van der Waals surface area (Å²) in [4.78, 5) is 29.8. The van der Waals surface area contributed by atoms with Crippen molar-refractivity contribution in [2.24, 2.45) is 0 Å². The van der Waals surface area contributed by atoms with Gasteiger partial charge in [0, 0.05) is 11.8 Å². The summed E-state index contributed by atoms with van der Waals surface area (Å²) in [7, 11) is 0. The molecule has 0 radical (unpaired) electrons. The van der Waals surface area contributed by atoms with Crippen LogP contribution in [0, 0.1) is 0 Å². The number of benzene rings is 4. The second-order valence-corrected chi connectivity index (χ2v) is 8.95. The molecule has 184 valence electrons. The molecule has 0 aliphatic carbocycles. The number of amides is 1. The largest absolute Gasteiger partial charge is 0.484 e. The molecule has 0 aliphatic rings. The van der Waals surface area contributed by atoms with Gasteiger partial charge in [-0.25, -0.2) is 9.78 Å². The number of carbonyl (C=O) groups is 2. The highest BCUT2D eigenvalue weighted by Gasteiger charge is 2.17. The monoisotopic (exact) mass is 510 g/mol. The molecule has 0 unspecified atom stereocenters. The Morgan fingerprint density at radius 1 is 0.757 bits per heavy atom. The summed E-state index contributed by atoms with van der Waals surface area (Å²) < 4.78 is 17.7. The maximum Gasteiger partial charge on any atom is 0.349 e. The van der Waals surface area contributed by atoms with Gasteiger partial charge >= 0.3 is 5.97 Å². The standard InChI is InChI=1S/C29H22N2O5S/c32-27(18-34-21-9-3-1-4-10-21)30-20-15-16-23(29-31-24-13-7-8-14-26(24)37-29)25(17-20)36-28(33)19-35-22-11-5-2-6-12-22/h1-17H,18-19H2,(H,30,32). The lowest BCUT2D eigenvalue weighted by atomic mass is 10.2. The van der Waals surface area contributed by atoms with E-state index in [4.69, 9.17) is 14.2 Å². The second kappa shape index (κ2) is 11.4. The molecule has 0 saturated carbocycles. The van der Waals surface area contributed by atoms with Crippen LogP contribution in [0.15, 0.2) is 103 Å². The van der Waals surface area contributed by atoms with Crippen molar-refractivity contribution in [2.45, 2.75) is 0 Å². The van der Waals surface area contributed by atoms with Crippen molar-refractivity contribution in [1.82, 2.24) is 4.98 Å². The van der Waals surface area contributed by atoms with Crippen molar-refractivity contribution in [2.75, 3.05) is 18.5 Å². The fraction of sp³-hybridized carbons (Fsp3) is 0.0690. The summed E-state index contributed by atoms with van der Waals surface area (Å²) >= 11 is 1.49. The molecule has 8 heteroatoms. The van der Waals surface area contributed by atoms with Crippen LogP contribution in [-0.2, 0) is 9.59 Å². The van der Waals surface area contributed by atoms with Crippen molar-refractivity contribution in [3.63, 3.8) is 0 Å². The molecule has 1 heterocycles. The molecule has 0 saturated heterocycles. The van der Waals surface area contributed by atoms with E-state index in [0.29, 0.717) is 27.8 Å². The van der Waals surface area contributed by atoms with Gasteiger partial charge in [0.15, 0.2) is 13.2 Å². The van der Waals surface area contributed by atoms with Crippen LogP contribution in [0.3, 0.4) is 0 Å². The van der Waals surface area contributed by atoms with Crippen LogP contribution in [0.25, 0.3) is 20.8 Å². The van der Waals surface area contributed by atoms with Gasteiger partial charge in [-0.15, -0.1) is 11.3 Å². The predicted molar refractivity (Wildman–Crippen MR) is 143 cm³/mol. The van der Waals surface area contributed by atoms with Crippen molar-refractivity contribution in [1.29, 1.82) is 0 Å². The van der Waals surface area contributed by atoms with Gasteiger partial charge in [0.1, 0.15) is 22.3 Å². The van der Waals surface area contributed by atoms with Crippen LogP contribution in [0.4, 0.5) is 5.69 Å². The fourth-order valence-corrected chi connectivity index (χ4v) is 4.52. The molecule has 1 amide bonds.